The van der Waals surface area contributed by atoms with E-state index >= 15 is 0 Å². The molecule has 4 rings (SSSR count). The van der Waals surface area contributed by atoms with Crippen LogP contribution in [0.2, 0.25) is 0 Å². The first kappa shape index (κ1) is 16.8. The summed E-state index contributed by atoms with van der Waals surface area (Å²) in [4.78, 5) is 25.5. The van der Waals surface area contributed by atoms with Gasteiger partial charge in [0.2, 0.25) is 0 Å². The lowest BCUT2D eigenvalue weighted by molar-refractivity contribution is -0.116. The first-order chi connectivity index (χ1) is 12.7. The minimum atomic E-state index is -0.240. The van der Waals surface area contributed by atoms with Gasteiger partial charge in [-0.1, -0.05) is 24.8 Å². The van der Waals surface area contributed by atoms with Crippen molar-refractivity contribution in [2.24, 2.45) is 0 Å². The number of ether oxygens (including phenoxy) is 1. The molecule has 0 amide bonds. The number of nitrogens with one attached hydrogen (secondary N) is 1. The number of hydrogen-bond donors (Lipinski definition) is 1. The summed E-state index contributed by atoms with van der Waals surface area (Å²) in [6.07, 6.45) is 6.34. The topological polar surface area (TPSA) is 55.4 Å². The Balaban J connectivity index is 1.78. The second-order valence-electron chi connectivity index (χ2n) is 7.06. The van der Waals surface area contributed by atoms with Crippen LogP contribution in [0.25, 0.3) is 0 Å². The SMILES string of the molecule is C=CCOc1ccc(C2C3=C(CCCC3=O)NC3=C2C(=O)CCC3)cc1. The van der Waals surface area contributed by atoms with E-state index in [1.54, 1.807) is 6.08 Å². The van der Waals surface area contributed by atoms with Crippen molar-refractivity contribution >= 4 is 11.6 Å². The Bertz CT molecular complexity index is 787. The van der Waals surface area contributed by atoms with Crippen LogP contribution in [0.5, 0.6) is 5.75 Å². The van der Waals surface area contributed by atoms with Gasteiger partial charge in [0.25, 0.3) is 0 Å². The fourth-order valence-electron chi connectivity index (χ4n) is 4.23. The lowest BCUT2D eigenvalue weighted by Crippen LogP contribution is -2.36. The zero-order valence-electron chi connectivity index (χ0n) is 14.8. The largest absolute Gasteiger partial charge is 0.490 e. The molecule has 0 atom stereocenters. The fourth-order valence-corrected chi connectivity index (χ4v) is 4.23. The second kappa shape index (κ2) is 6.94. The number of ketones is 2. The van der Waals surface area contributed by atoms with E-state index in [0.29, 0.717) is 19.4 Å². The van der Waals surface area contributed by atoms with Crippen molar-refractivity contribution in [3.05, 3.63) is 65.0 Å². The molecule has 2 aliphatic carbocycles. The second-order valence-corrected chi connectivity index (χ2v) is 7.06. The third-order valence-corrected chi connectivity index (χ3v) is 5.37. The average molecular weight is 349 g/mol. The number of carbonyl (C=O) groups is 2. The van der Waals surface area contributed by atoms with E-state index in [-0.39, 0.29) is 17.5 Å². The molecule has 0 saturated carbocycles. The van der Waals surface area contributed by atoms with Crippen LogP contribution in [0.4, 0.5) is 0 Å². The van der Waals surface area contributed by atoms with E-state index < -0.39 is 0 Å². The van der Waals surface area contributed by atoms with Gasteiger partial charge in [-0.05, 0) is 43.4 Å². The van der Waals surface area contributed by atoms with Crippen molar-refractivity contribution in [1.29, 1.82) is 0 Å². The first-order valence-electron chi connectivity index (χ1n) is 9.32. The monoisotopic (exact) mass is 349 g/mol. The van der Waals surface area contributed by atoms with Crippen molar-refractivity contribution in [1.82, 2.24) is 5.32 Å². The molecule has 1 aromatic carbocycles. The van der Waals surface area contributed by atoms with Crippen LogP contribution in [0.15, 0.2) is 59.5 Å². The number of benzene rings is 1. The summed E-state index contributed by atoms with van der Waals surface area (Å²) < 4.78 is 5.56. The zero-order chi connectivity index (χ0) is 18.1. The summed E-state index contributed by atoms with van der Waals surface area (Å²) in [5, 5.41) is 3.44. The molecule has 1 heterocycles. The molecule has 0 aromatic heterocycles. The van der Waals surface area contributed by atoms with Crippen molar-refractivity contribution in [2.45, 2.75) is 44.4 Å². The maximum absolute atomic E-state index is 12.7. The molecular formula is C22H23NO3. The molecule has 0 unspecified atom stereocenters. The molecule has 4 nitrogen and oxygen atoms in total. The van der Waals surface area contributed by atoms with Gasteiger partial charge in [0, 0.05) is 41.3 Å². The highest BCUT2D eigenvalue weighted by Gasteiger charge is 2.40. The lowest BCUT2D eigenvalue weighted by Gasteiger charge is -2.37. The Hall–Kier alpha value is -2.62. The molecule has 1 N–H and O–H groups in total. The third kappa shape index (κ3) is 2.90. The Morgan fingerprint density at radius 2 is 1.54 bits per heavy atom. The van der Waals surface area contributed by atoms with Gasteiger partial charge in [-0.15, -0.1) is 0 Å². The molecule has 134 valence electrons. The van der Waals surface area contributed by atoms with Gasteiger partial charge < -0.3 is 10.1 Å². The third-order valence-electron chi connectivity index (χ3n) is 5.37. The highest BCUT2D eigenvalue weighted by Crippen LogP contribution is 2.45. The van der Waals surface area contributed by atoms with Crippen molar-refractivity contribution < 1.29 is 14.3 Å². The van der Waals surface area contributed by atoms with Crippen molar-refractivity contribution in [2.75, 3.05) is 6.61 Å². The normalized spacial score (nSPS) is 20.5. The van der Waals surface area contributed by atoms with Crippen LogP contribution in [0.1, 0.15) is 50.0 Å². The molecule has 4 heteroatoms. The van der Waals surface area contributed by atoms with Crippen LogP contribution in [0, 0.1) is 0 Å². The fraction of sp³-hybridized carbons (Fsp3) is 0.364. The summed E-state index contributed by atoms with van der Waals surface area (Å²) in [5.41, 5.74) is 4.62. The molecule has 0 radical (unpaired) electrons. The van der Waals surface area contributed by atoms with E-state index in [0.717, 1.165) is 59.5 Å². The number of rotatable bonds is 4. The number of Topliss-reactive ketones (excluding diaryl/α,β-unsaturated/α-hetero) is 2. The van der Waals surface area contributed by atoms with Crippen LogP contribution < -0.4 is 10.1 Å². The Labute approximate surface area is 153 Å². The standard InChI is InChI=1S/C22H23NO3/c1-2-13-26-15-11-9-14(10-12-15)20-21-16(5-3-7-18(21)24)23-17-6-4-8-19(25)22(17)20/h2,9-12,20,23H,1,3-8,13H2. The summed E-state index contributed by atoms with van der Waals surface area (Å²) >= 11 is 0. The maximum Gasteiger partial charge on any atom is 0.161 e. The van der Waals surface area contributed by atoms with E-state index in [2.05, 4.69) is 11.9 Å². The minimum absolute atomic E-state index is 0.167. The van der Waals surface area contributed by atoms with Crippen molar-refractivity contribution in [3.8, 4) is 5.75 Å². The van der Waals surface area contributed by atoms with Gasteiger partial charge in [-0.2, -0.15) is 0 Å². The number of dihydropyridines is 1. The Morgan fingerprint density at radius 1 is 0.962 bits per heavy atom. The molecule has 3 aliphatic rings. The van der Waals surface area contributed by atoms with Crippen LogP contribution in [-0.4, -0.2) is 18.2 Å². The average Bonchev–Trinajstić information content (AvgIpc) is 2.66. The molecule has 0 fully saturated rings. The highest BCUT2D eigenvalue weighted by molar-refractivity contribution is 6.06. The highest BCUT2D eigenvalue weighted by atomic mass is 16.5. The predicted molar refractivity (Wildman–Crippen MR) is 99.8 cm³/mol. The van der Waals surface area contributed by atoms with Crippen LogP contribution in [0.3, 0.4) is 0 Å². The van der Waals surface area contributed by atoms with Crippen LogP contribution in [-0.2, 0) is 9.59 Å². The minimum Gasteiger partial charge on any atom is -0.490 e. The van der Waals surface area contributed by atoms with Crippen LogP contribution >= 0.6 is 0 Å². The van der Waals surface area contributed by atoms with Gasteiger partial charge in [0.05, 0.1) is 0 Å². The molecule has 26 heavy (non-hydrogen) atoms. The molecule has 0 saturated heterocycles. The first-order valence-corrected chi connectivity index (χ1v) is 9.32. The zero-order valence-corrected chi connectivity index (χ0v) is 14.8. The quantitative estimate of drug-likeness (QED) is 0.836. The number of carbonyl (C=O) groups excluding carboxylic acids is 2. The van der Waals surface area contributed by atoms with Gasteiger partial charge in [0.1, 0.15) is 12.4 Å². The molecule has 0 bridgehead atoms. The van der Waals surface area contributed by atoms with E-state index in [1.807, 2.05) is 24.3 Å². The van der Waals surface area contributed by atoms with Gasteiger partial charge in [-0.3, -0.25) is 9.59 Å². The number of allylic oxidation sites excluding steroid dienone is 4. The van der Waals surface area contributed by atoms with Gasteiger partial charge in [0.15, 0.2) is 11.6 Å². The molecule has 1 aromatic rings. The number of hydrogen-bond acceptors (Lipinski definition) is 4. The maximum atomic E-state index is 12.7. The Morgan fingerprint density at radius 3 is 2.08 bits per heavy atom. The van der Waals surface area contributed by atoms with Crippen molar-refractivity contribution in [3.63, 3.8) is 0 Å². The summed E-state index contributed by atoms with van der Waals surface area (Å²) in [6, 6.07) is 7.77. The van der Waals surface area contributed by atoms with Gasteiger partial charge in [-0.25, -0.2) is 0 Å². The smallest absolute Gasteiger partial charge is 0.161 e. The lowest BCUT2D eigenvalue weighted by atomic mass is 9.71. The Kier molecular flexibility index (Phi) is 4.49. The van der Waals surface area contributed by atoms with E-state index in [1.165, 1.54) is 0 Å². The summed E-state index contributed by atoms with van der Waals surface area (Å²) in [6.45, 7) is 4.11. The molecular weight excluding hydrogens is 326 g/mol. The summed E-state index contributed by atoms with van der Waals surface area (Å²) in [5.74, 6) is 0.854. The predicted octanol–water partition coefficient (Wildman–Crippen LogP) is 3.95. The van der Waals surface area contributed by atoms with Gasteiger partial charge >= 0.3 is 0 Å². The molecule has 0 spiro atoms. The van der Waals surface area contributed by atoms with E-state index in [9.17, 15) is 9.59 Å². The molecule has 1 aliphatic heterocycles. The summed E-state index contributed by atoms with van der Waals surface area (Å²) in [7, 11) is 0. The van der Waals surface area contributed by atoms with E-state index in [4.69, 9.17) is 4.74 Å².